The molecule has 1 aromatic heterocycles. The Morgan fingerprint density at radius 1 is 1.18 bits per heavy atom. The maximum Gasteiger partial charge on any atom is 0.252 e. The molecule has 0 bridgehead atoms. The van der Waals surface area contributed by atoms with Crippen LogP contribution in [0.1, 0.15) is 34.3 Å². The Kier molecular flexibility index (Phi) is 11.9. The molecule has 40 heavy (non-hydrogen) atoms. The first-order chi connectivity index (χ1) is 19.1. The molecule has 2 amide bonds. The standard InChI is InChI=1S/C27H29BrCl2N6O4/c28-24-22(37)11-18(12-23(24)40-10-7-17-5-6-19(29)13-20(17)30)25(38)36-21(4-2-9-34-27(31)32)26(39)35-15-16-3-1-8-33-14-16/h1,3,5-6,8,11-14,21,37H,2,4,7,9-10,15H2,(H,35,39)(H,36,38)(H4,31,32,34)/t21-/m0/s1. The number of carbonyl (C=O) groups excluding carboxylic acids is 2. The third kappa shape index (κ3) is 9.58. The summed E-state index contributed by atoms with van der Waals surface area (Å²) in [6, 6.07) is 10.6. The SMILES string of the molecule is N=C(N)NCCC[C@H](NC(=O)c1cc(O)c(Br)c(OCCc2ccc(Cl)cc2Cl)c1)C(=O)NCc1cccnc1. The van der Waals surface area contributed by atoms with Gasteiger partial charge in [-0.2, -0.15) is 0 Å². The molecular formula is C27H29BrCl2N6O4. The van der Waals surface area contributed by atoms with E-state index in [1.807, 2.05) is 6.07 Å². The molecule has 0 radical (unpaired) electrons. The van der Waals surface area contributed by atoms with Gasteiger partial charge in [0, 0.05) is 47.5 Å². The first-order valence-corrected chi connectivity index (χ1v) is 13.8. The summed E-state index contributed by atoms with van der Waals surface area (Å²) in [7, 11) is 0. The molecule has 0 aliphatic carbocycles. The molecule has 0 saturated carbocycles. The number of guanidine groups is 1. The van der Waals surface area contributed by atoms with Crippen LogP contribution >= 0.6 is 39.1 Å². The van der Waals surface area contributed by atoms with E-state index in [1.54, 1.807) is 36.7 Å². The second-order valence-electron chi connectivity index (χ2n) is 8.73. The largest absolute Gasteiger partial charge is 0.507 e. The van der Waals surface area contributed by atoms with Crippen LogP contribution in [-0.2, 0) is 17.8 Å². The molecule has 2 aromatic carbocycles. The van der Waals surface area contributed by atoms with Crippen molar-refractivity contribution in [1.29, 1.82) is 5.41 Å². The number of aromatic nitrogens is 1. The monoisotopic (exact) mass is 650 g/mol. The molecule has 3 aromatic rings. The second-order valence-corrected chi connectivity index (χ2v) is 10.4. The van der Waals surface area contributed by atoms with E-state index in [0.717, 1.165) is 11.1 Å². The average Bonchev–Trinajstić information content (AvgIpc) is 2.92. The van der Waals surface area contributed by atoms with Gasteiger partial charge in [0.1, 0.15) is 22.0 Å². The van der Waals surface area contributed by atoms with E-state index in [4.69, 9.17) is 39.1 Å². The molecule has 0 aliphatic rings. The van der Waals surface area contributed by atoms with Crippen molar-refractivity contribution >= 4 is 56.9 Å². The van der Waals surface area contributed by atoms with Crippen molar-refractivity contribution < 1.29 is 19.4 Å². The summed E-state index contributed by atoms with van der Waals surface area (Å²) in [6.45, 7) is 0.804. The van der Waals surface area contributed by atoms with Crippen LogP contribution in [0.3, 0.4) is 0 Å². The van der Waals surface area contributed by atoms with Crippen LogP contribution in [0.25, 0.3) is 0 Å². The van der Waals surface area contributed by atoms with Gasteiger partial charge in [-0.05, 0) is 70.2 Å². The lowest BCUT2D eigenvalue weighted by Gasteiger charge is -2.19. The number of nitrogens with zero attached hydrogens (tertiary/aromatic N) is 1. The zero-order valence-corrected chi connectivity index (χ0v) is 24.4. The van der Waals surface area contributed by atoms with Crippen molar-refractivity contribution in [3.8, 4) is 11.5 Å². The van der Waals surface area contributed by atoms with Crippen molar-refractivity contribution in [1.82, 2.24) is 20.9 Å². The predicted octanol–water partition coefficient (Wildman–Crippen LogP) is 4.16. The van der Waals surface area contributed by atoms with Gasteiger partial charge in [-0.15, -0.1) is 0 Å². The molecule has 0 fully saturated rings. The molecule has 0 spiro atoms. The van der Waals surface area contributed by atoms with E-state index >= 15 is 0 Å². The summed E-state index contributed by atoms with van der Waals surface area (Å²) in [6.07, 6.45) is 4.47. The van der Waals surface area contributed by atoms with Gasteiger partial charge in [0.25, 0.3) is 5.91 Å². The number of hydrogen-bond acceptors (Lipinski definition) is 6. The van der Waals surface area contributed by atoms with E-state index in [2.05, 4.69) is 36.9 Å². The molecule has 212 valence electrons. The number of hydrogen-bond donors (Lipinski definition) is 6. The average molecular weight is 652 g/mol. The molecular weight excluding hydrogens is 623 g/mol. The van der Waals surface area contributed by atoms with Gasteiger partial charge in [-0.25, -0.2) is 0 Å². The Morgan fingerprint density at radius 2 is 1.98 bits per heavy atom. The van der Waals surface area contributed by atoms with Crippen LogP contribution in [0.2, 0.25) is 10.0 Å². The predicted molar refractivity (Wildman–Crippen MR) is 158 cm³/mol. The topological polar surface area (TPSA) is 162 Å². The Balaban J connectivity index is 1.68. The van der Waals surface area contributed by atoms with Crippen molar-refractivity contribution in [2.75, 3.05) is 13.2 Å². The van der Waals surface area contributed by atoms with Crippen molar-refractivity contribution in [3.63, 3.8) is 0 Å². The molecule has 10 nitrogen and oxygen atoms in total. The molecule has 13 heteroatoms. The van der Waals surface area contributed by atoms with E-state index in [0.29, 0.717) is 29.4 Å². The lowest BCUT2D eigenvalue weighted by atomic mass is 10.1. The van der Waals surface area contributed by atoms with Gasteiger partial charge in [0.05, 0.1) is 6.61 Å². The summed E-state index contributed by atoms with van der Waals surface area (Å²) in [4.78, 5) is 30.2. The molecule has 1 heterocycles. The van der Waals surface area contributed by atoms with E-state index in [1.165, 1.54) is 12.1 Å². The molecule has 0 saturated heterocycles. The van der Waals surface area contributed by atoms with Crippen molar-refractivity contribution in [2.45, 2.75) is 31.8 Å². The number of phenols is 1. The highest BCUT2D eigenvalue weighted by molar-refractivity contribution is 9.10. The summed E-state index contributed by atoms with van der Waals surface area (Å²) in [5.41, 5.74) is 7.07. The molecule has 3 rings (SSSR count). The zero-order chi connectivity index (χ0) is 29.1. The Bertz CT molecular complexity index is 1350. The summed E-state index contributed by atoms with van der Waals surface area (Å²) in [5.74, 6) is -1.10. The van der Waals surface area contributed by atoms with Crippen LogP contribution in [0.4, 0.5) is 0 Å². The molecule has 7 N–H and O–H groups in total. The maximum absolute atomic E-state index is 13.2. The molecule has 0 unspecified atom stereocenters. The molecule has 1 atom stereocenters. The Hall–Kier alpha value is -3.54. The van der Waals surface area contributed by atoms with Crippen LogP contribution in [0.15, 0.2) is 59.3 Å². The number of pyridine rings is 1. The summed E-state index contributed by atoms with van der Waals surface area (Å²) in [5, 5.41) is 27.0. The number of carbonyl (C=O) groups is 2. The fraction of sp³-hybridized carbons (Fsp3) is 0.259. The minimum Gasteiger partial charge on any atom is -0.507 e. The zero-order valence-electron chi connectivity index (χ0n) is 21.3. The van der Waals surface area contributed by atoms with Crippen molar-refractivity contribution in [3.05, 3.63) is 86.1 Å². The number of nitrogens with one attached hydrogen (secondary N) is 4. The number of amides is 2. The summed E-state index contributed by atoms with van der Waals surface area (Å²) < 4.78 is 6.12. The lowest BCUT2D eigenvalue weighted by molar-refractivity contribution is -0.123. The quantitative estimate of drug-likeness (QED) is 0.0918. The maximum atomic E-state index is 13.2. The fourth-order valence-electron chi connectivity index (χ4n) is 3.67. The third-order valence-electron chi connectivity index (χ3n) is 5.72. The fourth-order valence-corrected chi connectivity index (χ4v) is 4.52. The van der Waals surface area contributed by atoms with Crippen LogP contribution in [0, 0.1) is 5.41 Å². The first-order valence-electron chi connectivity index (χ1n) is 12.3. The van der Waals surface area contributed by atoms with Gasteiger partial charge in [0.15, 0.2) is 5.96 Å². The van der Waals surface area contributed by atoms with Crippen LogP contribution in [0.5, 0.6) is 11.5 Å². The normalized spacial score (nSPS) is 11.4. The van der Waals surface area contributed by atoms with Gasteiger partial charge in [0.2, 0.25) is 5.91 Å². The smallest absolute Gasteiger partial charge is 0.252 e. The van der Waals surface area contributed by atoms with Gasteiger partial charge < -0.3 is 31.5 Å². The summed E-state index contributed by atoms with van der Waals surface area (Å²) >= 11 is 15.5. The minimum absolute atomic E-state index is 0.104. The van der Waals surface area contributed by atoms with Crippen LogP contribution in [-0.4, -0.2) is 47.1 Å². The Labute approximate surface area is 250 Å². The number of rotatable bonds is 13. The highest BCUT2D eigenvalue weighted by atomic mass is 79.9. The molecule has 0 aliphatic heterocycles. The number of benzene rings is 2. The first kappa shape index (κ1) is 31.0. The number of aromatic hydroxyl groups is 1. The minimum atomic E-state index is -0.889. The number of nitrogens with two attached hydrogens (primary N) is 1. The van der Waals surface area contributed by atoms with E-state index in [-0.39, 0.29) is 47.1 Å². The number of phenolic OH excluding ortho intramolecular Hbond substituents is 1. The van der Waals surface area contributed by atoms with Gasteiger partial charge >= 0.3 is 0 Å². The third-order valence-corrected chi connectivity index (χ3v) is 7.11. The van der Waals surface area contributed by atoms with Gasteiger partial charge in [-0.3, -0.25) is 20.0 Å². The lowest BCUT2D eigenvalue weighted by Crippen LogP contribution is -2.47. The number of halogens is 3. The second kappa shape index (κ2) is 15.3. The van der Waals surface area contributed by atoms with E-state index < -0.39 is 17.9 Å². The van der Waals surface area contributed by atoms with Crippen LogP contribution < -0.4 is 26.4 Å². The van der Waals surface area contributed by atoms with E-state index in [9.17, 15) is 14.7 Å². The highest BCUT2D eigenvalue weighted by Crippen LogP contribution is 2.35. The Morgan fingerprint density at radius 3 is 2.67 bits per heavy atom. The van der Waals surface area contributed by atoms with Crippen molar-refractivity contribution in [2.24, 2.45) is 5.73 Å². The highest BCUT2D eigenvalue weighted by Gasteiger charge is 2.23. The van der Waals surface area contributed by atoms with Gasteiger partial charge in [-0.1, -0.05) is 35.3 Å². The number of ether oxygens (including phenoxy) is 1.